The Morgan fingerprint density at radius 3 is 2.77 bits per heavy atom. The van der Waals surface area contributed by atoms with Gasteiger partial charge in [0.2, 0.25) is 5.91 Å². The zero-order valence-corrected chi connectivity index (χ0v) is 7.33. The molecule has 0 unspecified atom stereocenters. The smallest absolute Gasteiger partial charge is 0.303 e. The molecule has 1 rings (SSSR count). The molecule has 0 spiro atoms. The lowest BCUT2D eigenvalue weighted by Gasteiger charge is -2.07. The second-order valence-corrected chi connectivity index (χ2v) is 2.91. The highest BCUT2D eigenvalue weighted by Gasteiger charge is 2.27. The molecule has 1 saturated heterocycles. The highest BCUT2D eigenvalue weighted by Crippen LogP contribution is 2.07. The first-order valence-electron chi connectivity index (χ1n) is 4.05. The van der Waals surface area contributed by atoms with Gasteiger partial charge in [0.05, 0.1) is 6.04 Å². The van der Waals surface area contributed by atoms with Crippen molar-refractivity contribution in [1.29, 1.82) is 0 Å². The minimum atomic E-state index is -0.488. The summed E-state index contributed by atoms with van der Waals surface area (Å²) in [6, 6.07) is -0.466. The molecule has 1 N–H and O–H groups in total. The number of hydrogen-bond acceptors (Lipinski definition) is 4. The molecule has 5 heteroatoms. The summed E-state index contributed by atoms with van der Waals surface area (Å²) in [5.74, 6) is -0.861. The Balaban J connectivity index is 2.31. The molecule has 72 valence electrons. The second kappa shape index (κ2) is 4.02. The van der Waals surface area contributed by atoms with Crippen LogP contribution in [-0.2, 0) is 19.1 Å². The summed E-state index contributed by atoms with van der Waals surface area (Å²) in [7, 11) is 0. The number of rotatable bonds is 3. The van der Waals surface area contributed by atoms with E-state index in [1.807, 2.05) is 0 Å². The van der Waals surface area contributed by atoms with Gasteiger partial charge in [-0.05, 0) is 6.42 Å². The van der Waals surface area contributed by atoms with Crippen LogP contribution in [0.3, 0.4) is 0 Å². The van der Waals surface area contributed by atoms with Crippen molar-refractivity contribution >= 4 is 17.7 Å². The van der Waals surface area contributed by atoms with E-state index >= 15 is 0 Å². The van der Waals surface area contributed by atoms with Gasteiger partial charge in [0.25, 0.3) is 0 Å². The van der Waals surface area contributed by atoms with E-state index in [2.05, 4.69) is 10.1 Å². The standard InChI is InChI=1S/C8H11NO4/c1-5(10)13-4-7(11)6-2-3-8(12)9-6/h6H,2-4H2,1H3,(H,9,12)/t6-/m0/s1. The molecule has 0 aliphatic carbocycles. The number of hydrogen-bond donors (Lipinski definition) is 1. The van der Waals surface area contributed by atoms with Crippen LogP contribution < -0.4 is 5.32 Å². The van der Waals surface area contributed by atoms with Gasteiger partial charge >= 0.3 is 5.97 Å². The molecule has 0 bridgehead atoms. The van der Waals surface area contributed by atoms with Crippen LogP contribution in [0.4, 0.5) is 0 Å². The number of Topliss-reactive ketones (excluding diaryl/α,β-unsaturated/α-hetero) is 1. The topological polar surface area (TPSA) is 72.5 Å². The third kappa shape index (κ3) is 2.85. The Morgan fingerprint density at radius 2 is 2.31 bits per heavy atom. The molecule has 0 saturated carbocycles. The number of nitrogens with one attached hydrogen (secondary N) is 1. The first-order chi connectivity index (χ1) is 6.09. The van der Waals surface area contributed by atoms with Crippen LogP contribution in [0, 0.1) is 0 Å². The lowest BCUT2D eigenvalue weighted by atomic mass is 10.1. The molecule has 13 heavy (non-hydrogen) atoms. The van der Waals surface area contributed by atoms with E-state index in [1.54, 1.807) is 0 Å². The van der Waals surface area contributed by atoms with Crippen molar-refractivity contribution in [1.82, 2.24) is 5.32 Å². The molecule has 5 nitrogen and oxygen atoms in total. The monoisotopic (exact) mass is 185 g/mol. The predicted molar refractivity (Wildman–Crippen MR) is 42.8 cm³/mol. The number of amides is 1. The SMILES string of the molecule is CC(=O)OCC(=O)[C@@H]1CCC(=O)N1. The van der Waals surface area contributed by atoms with Gasteiger partial charge in [-0.15, -0.1) is 0 Å². The molecule has 1 amide bonds. The predicted octanol–water partition coefficient (Wildman–Crippen LogP) is -0.603. The maximum atomic E-state index is 11.2. The minimum Gasteiger partial charge on any atom is -0.458 e. The Morgan fingerprint density at radius 1 is 1.62 bits per heavy atom. The van der Waals surface area contributed by atoms with Gasteiger partial charge in [0, 0.05) is 13.3 Å². The maximum Gasteiger partial charge on any atom is 0.303 e. The number of carbonyl (C=O) groups is 3. The Labute approximate surface area is 75.4 Å². The Hall–Kier alpha value is -1.39. The number of ketones is 1. The fraction of sp³-hybridized carbons (Fsp3) is 0.625. The van der Waals surface area contributed by atoms with E-state index in [1.165, 1.54) is 6.92 Å². The summed E-state index contributed by atoms with van der Waals surface area (Å²) < 4.78 is 4.51. The van der Waals surface area contributed by atoms with Crippen molar-refractivity contribution in [3.8, 4) is 0 Å². The van der Waals surface area contributed by atoms with E-state index in [4.69, 9.17) is 0 Å². The van der Waals surface area contributed by atoms with Crippen molar-refractivity contribution in [3.63, 3.8) is 0 Å². The summed E-state index contributed by atoms with van der Waals surface area (Å²) in [4.78, 5) is 32.3. The molecule has 0 radical (unpaired) electrons. The van der Waals surface area contributed by atoms with Gasteiger partial charge < -0.3 is 10.1 Å². The summed E-state index contributed by atoms with van der Waals surface area (Å²) in [5, 5.41) is 2.50. The van der Waals surface area contributed by atoms with Crippen molar-refractivity contribution in [2.45, 2.75) is 25.8 Å². The largest absolute Gasteiger partial charge is 0.458 e. The van der Waals surface area contributed by atoms with Crippen LogP contribution >= 0.6 is 0 Å². The number of carbonyl (C=O) groups excluding carboxylic acids is 3. The molecule has 1 aliphatic rings. The molecule has 0 aromatic rings. The molecule has 1 fully saturated rings. The summed E-state index contributed by atoms with van der Waals surface area (Å²) in [6.07, 6.45) is 0.870. The maximum absolute atomic E-state index is 11.2. The van der Waals surface area contributed by atoms with E-state index in [-0.39, 0.29) is 18.3 Å². The number of ether oxygens (including phenoxy) is 1. The highest BCUT2D eigenvalue weighted by molar-refractivity contribution is 5.93. The van der Waals surface area contributed by atoms with Gasteiger partial charge in [-0.25, -0.2) is 0 Å². The third-order valence-corrected chi connectivity index (χ3v) is 1.80. The van der Waals surface area contributed by atoms with E-state index in [9.17, 15) is 14.4 Å². The van der Waals surface area contributed by atoms with Gasteiger partial charge in [-0.2, -0.15) is 0 Å². The highest BCUT2D eigenvalue weighted by atomic mass is 16.5. The van der Waals surface area contributed by atoms with E-state index in [0.29, 0.717) is 12.8 Å². The fourth-order valence-electron chi connectivity index (χ4n) is 1.13. The average Bonchev–Trinajstić information content (AvgIpc) is 2.47. The first kappa shape index (κ1) is 9.70. The van der Waals surface area contributed by atoms with Gasteiger partial charge in [-0.3, -0.25) is 14.4 Å². The number of esters is 1. The van der Waals surface area contributed by atoms with Crippen molar-refractivity contribution < 1.29 is 19.1 Å². The van der Waals surface area contributed by atoms with Crippen LogP contribution in [0.15, 0.2) is 0 Å². The quantitative estimate of drug-likeness (QED) is 0.596. The summed E-state index contributed by atoms with van der Waals surface area (Å²) in [5.41, 5.74) is 0. The van der Waals surface area contributed by atoms with Gasteiger partial charge in [0.15, 0.2) is 12.4 Å². The zero-order valence-electron chi connectivity index (χ0n) is 7.33. The van der Waals surface area contributed by atoms with E-state index < -0.39 is 12.0 Å². The van der Waals surface area contributed by atoms with Crippen LogP contribution in [-0.4, -0.2) is 30.3 Å². The second-order valence-electron chi connectivity index (χ2n) is 2.91. The molecule has 0 aromatic heterocycles. The molecular weight excluding hydrogens is 174 g/mol. The Kier molecular flexibility index (Phi) is 3.00. The van der Waals surface area contributed by atoms with E-state index in [0.717, 1.165) is 0 Å². The fourth-order valence-corrected chi connectivity index (χ4v) is 1.13. The molecule has 0 aromatic carbocycles. The third-order valence-electron chi connectivity index (χ3n) is 1.80. The first-order valence-corrected chi connectivity index (χ1v) is 4.05. The Bertz CT molecular complexity index is 249. The van der Waals surface area contributed by atoms with Gasteiger partial charge in [-0.1, -0.05) is 0 Å². The molecular formula is C8H11NO4. The van der Waals surface area contributed by atoms with Crippen LogP contribution in [0.5, 0.6) is 0 Å². The molecule has 1 atom stereocenters. The van der Waals surface area contributed by atoms with Gasteiger partial charge in [0.1, 0.15) is 0 Å². The molecule has 1 heterocycles. The molecule has 1 aliphatic heterocycles. The van der Waals surface area contributed by atoms with Crippen molar-refractivity contribution in [3.05, 3.63) is 0 Å². The van der Waals surface area contributed by atoms with Crippen molar-refractivity contribution in [2.75, 3.05) is 6.61 Å². The minimum absolute atomic E-state index is 0.124. The zero-order chi connectivity index (χ0) is 9.84. The van der Waals surface area contributed by atoms with Crippen LogP contribution in [0.2, 0.25) is 0 Å². The lowest BCUT2D eigenvalue weighted by Crippen LogP contribution is -2.35. The summed E-state index contributed by atoms with van der Waals surface area (Å²) in [6.45, 7) is 0.987. The van der Waals surface area contributed by atoms with Crippen LogP contribution in [0.25, 0.3) is 0 Å². The summed E-state index contributed by atoms with van der Waals surface area (Å²) >= 11 is 0. The average molecular weight is 185 g/mol. The van der Waals surface area contributed by atoms with Crippen molar-refractivity contribution in [2.24, 2.45) is 0 Å². The lowest BCUT2D eigenvalue weighted by molar-refractivity contribution is -0.146. The van der Waals surface area contributed by atoms with Crippen LogP contribution in [0.1, 0.15) is 19.8 Å². The normalized spacial score (nSPS) is 21.0.